The Morgan fingerprint density at radius 3 is 2.31 bits per heavy atom. The number of sulfonamides is 1. The van der Waals surface area contributed by atoms with Crippen LogP contribution in [0.2, 0.25) is 5.02 Å². The molecule has 35 heavy (non-hydrogen) atoms. The van der Waals surface area contributed by atoms with Gasteiger partial charge in [0, 0.05) is 10.6 Å². The Kier molecular flexibility index (Phi) is 6.67. The van der Waals surface area contributed by atoms with Crippen LogP contribution >= 0.6 is 11.6 Å². The highest BCUT2D eigenvalue weighted by atomic mass is 35.5. The fourth-order valence-electron chi connectivity index (χ4n) is 3.02. The monoisotopic (exact) mass is 511 g/mol. The number of nitrogens with one attached hydrogen (secondary N) is 1. The van der Waals surface area contributed by atoms with Gasteiger partial charge in [-0.1, -0.05) is 11.6 Å². The molecule has 2 heterocycles. The molecule has 0 fully saturated rings. The summed E-state index contributed by atoms with van der Waals surface area (Å²) in [6, 6.07) is 13.7. The van der Waals surface area contributed by atoms with Crippen LogP contribution in [-0.4, -0.2) is 47.2 Å². The molecule has 1 N–H and O–H groups in total. The lowest BCUT2D eigenvalue weighted by molar-refractivity contribution is -0.127. The molecule has 1 aliphatic rings. The van der Waals surface area contributed by atoms with Gasteiger partial charge < -0.3 is 0 Å². The number of aromatic nitrogens is 2. The number of hydrogen-bond acceptors (Lipinski definition) is 9. The highest BCUT2D eigenvalue weighted by Gasteiger charge is 2.38. The van der Waals surface area contributed by atoms with E-state index in [0.29, 0.717) is 22.1 Å². The topological polar surface area (TPSA) is 146 Å². The molecule has 178 valence electrons. The number of carbonyl (C=O) groups excluding carboxylic acids is 2. The molecule has 2 aromatic carbocycles. The Morgan fingerprint density at radius 1 is 1.00 bits per heavy atom. The molecule has 0 spiro atoms. The zero-order valence-corrected chi connectivity index (χ0v) is 20.0. The van der Waals surface area contributed by atoms with Crippen molar-refractivity contribution in [2.24, 2.45) is 15.3 Å². The third kappa shape index (κ3) is 5.39. The van der Waals surface area contributed by atoms with Gasteiger partial charge in [-0.2, -0.15) is 25.4 Å². The van der Waals surface area contributed by atoms with E-state index in [9.17, 15) is 18.0 Å². The number of imide groups is 1. The van der Waals surface area contributed by atoms with Crippen molar-refractivity contribution in [3.63, 3.8) is 0 Å². The summed E-state index contributed by atoms with van der Waals surface area (Å²) in [5.41, 5.74) is 1.51. The van der Waals surface area contributed by atoms with Gasteiger partial charge in [-0.15, -0.1) is 5.10 Å². The van der Waals surface area contributed by atoms with Crippen molar-refractivity contribution < 1.29 is 18.0 Å². The van der Waals surface area contributed by atoms with Gasteiger partial charge in [-0.25, -0.2) is 8.42 Å². The summed E-state index contributed by atoms with van der Waals surface area (Å²) in [6.45, 7) is 3.30. The van der Waals surface area contributed by atoms with Crippen LogP contribution in [0.4, 0.5) is 11.5 Å². The lowest BCUT2D eigenvalue weighted by Gasteiger charge is -2.10. The average molecular weight is 512 g/mol. The van der Waals surface area contributed by atoms with E-state index in [1.54, 1.807) is 19.9 Å². The number of rotatable bonds is 6. The molecule has 1 unspecified atom stereocenters. The molecule has 0 aliphatic carbocycles. The third-order valence-corrected chi connectivity index (χ3v) is 6.47. The summed E-state index contributed by atoms with van der Waals surface area (Å²) in [6.07, 6.45) is 0. The molecule has 0 saturated heterocycles. The molecule has 1 aromatic heterocycles. The molecule has 2 amide bonds. The third-order valence-electron chi connectivity index (χ3n) is 4.85. The van der Waals surface area contributed by atoms with Crippen molar-refractivity contribution in [2.75, 3.05) is 4.72 Å². The first-order valence-electron chi connectivity index (χ1n) is 10.2. The molecule has 13 heteroatoms. The van der Waals surface area contributed by atoms with Gasteiger partial charge in [-0.3, -0.25) is 14.3 Å². The van der Waals surface area contributed by atoms with Crippen LogP contribution in [0.25, 0.3) is 0 Å². The van der Waals surface area contributed by atoms with Crippen LogP contribution in [0.15, 0.2) is 80.9 Å². The van der Waals surface area contributed by atoms with Gasteiger partial charge in [0.25, 0.3) is 21.8 Å². The zero-order chi connectivity index (χ0) is 25.2. The Labute approximate surface area is 205 Å². The van der Waals surface area contributed by atoms with Gasteiger partial charge in [0.2, 0.25) is 0 Å². The Bertz CT molecular complexity index is 1440. The number of hydrazone groups is 1. The van der Waals surface area contributed by atoms with Crippen molar-refractivity contribution in [2.45, 2.75) is 24.8 Å². The van der Waals surface area contributed by atoms with E-state index in [4.69, 9.17) is 11.6 Å². The minimum atomic E-state index is -3.89. The minimum absolute atomic E-state index is 0.0201. The van der Waals surface area contributed by atoms with Crippen molar-refractivity contribution in [3.8, 4) is 0 Å². The van der Waals surface area contributed by atoms with Gasteiger partial charge in [0.15, 0.2) is 11.9 Å². The molecule has 1 aliphatic heterocycles. The molecule has 4 rings (SSSR count). The van der Waals surface area contributed by atoms with Gasteiger partial charge in [0.1, 0.15) is 0 Å². The first-order valence-corrected chi connectivity index (χ1v) is 12.0. The molecular formula is C22H18ClN7O4S. The summed E-state index contributed by atoms with van der Waals surface area (Å²) >= 11 is 5.84. The second-order valence-electron chi connectivity index (χ2n) is 7.48. The molecule has 3 aromatic rings. The second kappa shape index (κ2) is 9.68. The fraction of sp³-hybridized carbons (Fsp3) is 0.136. The number of hydrogen-bond donors (Lipinski definition) is 1. The van der Waals surface area contributed by atoms with Gasteiger partial charge >= 0.3 is 0 Å². The minimum Gasteiger partial charge on any atom is -0.269 e. The number of aryl methyl sites for hydroxylation is 1. The Balaban J connectivity index is 1.44. The maximum atomic E-state index is 12.7. The number of anilines is 1. The number of amides is 2. The molecule has 11 nitrogen and oxygen atoms in total. The summed E-state index contributed by atoms with van der Waals surface area (Å²) in [5.74, 6) is -1.16. The van der Waals surface area contributed by atoms with Gasteiger partial charge in [0.05, 0.1) is 22.0 Å². The Morgan fingerprint density at radius 2 is 1.69 bits per heavy atom. The maximum absolute atomic E-state index is 12.7. The highest BCUT2D eigenvalue weighted by molar-refractivity contribution is 7.92. The molecule has 1 atom stereocenters. The molecular weight excluding hydrogens is 494 g/mol. The lowest BCUT2D eigenvalue weighted by atomic mass is 10.2. The van der Waals surface area contributed by atoms with Crippen LogP contribution in [0.1, 0.15) is 23.0 Å². The number of benzene rings is 2. The van der Waals surface area contributed by atoms with Crippen molar-refractivity contribution >= 4 is 50.7 Å². The van der Waals surface area contributed by atoms with E-state index in [0.717, 1.165) is 5.01 Å². The number of azo groups is 1. The first-order chi connectivity index (χ1) is 16.6. The largest absolute Gasteiger partial charge is 0.282 e. The predicted molar refractivity (Wildman–Crippen MR) is 128 cm³/mol. The van der Waals surface area contributed by atoms with Crippen LogP contribution in [0.5, 0.6) is 0 Å². The van der Waals surface area contributed by atoms with Crippen LogP contribution in [0.3, 0.4) is 0 Å². The van der Waals surface area contributed by atoms with E-state index in [1.165, 1.54) is 54.6 Å². The smallest absolute Gasteiger partial charge is 0.269 e. The SMILES string of the molecule is CC1=NN(C(=O)c2ccc(Cl)cc2)C(=O)C1/N=N/c1ccc(S(=O)(=O)Nc2ccc(C)nn2)cc1. The summed E-state index contributed by atoms with van der Waals surface area (Å²) in [5, 5.41) is 20.8. The molecule has 0 radical (unpaired) electrons. The number of halogens is 1. The summed E-state index contributed by atoms with van der Waals surface area (Å²) < 4.78 is 27.4. The van der Waals surface area contributed by atoms with Crippen LogP contribution < -0.4 is 4.72 Å². The van der Waals surface area contributed by atoms with Crippen LogP contribution in [-0.2, 0) is 14.8 Å². The van der Waals surface area contributed by atoms with Crippen molar-refractivity contribution in [3.05, 3.63) is 76.9 Å². The van der Waals surface area contributed by atoms with E-state index >= 15 is 0 Å². The van der Waals surface area contributed by atoms with Crippen molar-refractivity contribution in [1.82, 2.24) is 15.2 Å². The summed E-state index contributed by atoms with van der Waals surface area (Å²) in [7, 11) is -3.89. The lowest BCUT2D eigenvalue weighted by Crippen LogP contribution is -2.34. The zero-order valence-electron chi connectivity index (χ0n) is 18.5. The Hall–Kier alpha value is -4.03. The van der Waals surface area contributed by atoms with Crippen molar-refractivity contribution in [1.29, 1.82) is 0 Å². The number of nitrogens with zero attached hydrogens (tertiary/aromatic N) is 6. The predicted octanol–water partition coefficient (Wildman–Crippen LogP) is 3.75. The average Bonchev–Trinajstić information content (AvgIpc) is 3.12. The molecule has 0 saturated carbocycles. The summed E-state index contributed by atoms with van der Waals surface area (Å²) in [4.78, 5) is 25.3. The van der Waals surface area contributed by atoms with E-state index in [1.807, 2.05) is 0 Å². The standard InChI is InChI=1S/C22H18ClN7O4S/c1-13-3-12-19(26-24-13)29-35(33,34)18-10-8-17(9-11-18)25-27-20-14(2)28-30(22(20)32)21(31)15-4-6-16(23)7-5-15/h3-12,20H,1-2H3,(H,26,29)/b27-25+. The first kappa shape index (κ1) is 24.1. The highest BCUT2D eigenvalue weighted by Crippen LogP contribution is 2.22. The normalized spacial score (nSPS) is 16.0. The fourth-order valence-corrected chi connectivity index (χ4v) is 4.14. The van der Waals surface area contributed by atoms with Crippen LogP contribution in [0, 0.1) is 6.92 Å². The van der Waals surface area contributed by atoms with Gasteiger partial charge in [-0.05, 0) is 74.5 Å². The second-order valence-corrected chi connectivity index (χ2v) is 9.60. The number of carbonyl (C=O) groups is 2. The van der Waals surface area contributed by atoms with E-state index < -0.39 is 27.9 Å². The maximum Gasteiger partial charge on any atom is 0.282 e. The van der Waals surface area contributed by atoms with E-state index in [-0.39, 0.29) is 16.3 Å². The van der Waals surface area contributed by atoms with E-state index in [2.05, 4.69) is 30.2 Å². The molecule has 0 bridgehead atoms. The quantitative estimate of drug-likeness (QED) is 0.394.